The Morgan fingerprint density at radius 1 is 1.39 bits per heavy atom. The van der Waals surface area contributed by atoms with Gasteiger partial charge in [-0.2, -0.15) is 0 Å². The molecule has 98 valence electrons. The predicted octanol–water partition coefficient (Wildman–Crippen LogP) is 4.25. The summed E-state index contributed by atoms with van der Waals surface area (Å²) in [7, 11) is 0. The van der Waals surface area contributed by atoms with Crippen molar-refractivity contribution < 1.29 is 14.3 Å². The van der Waals surface area contributed by atoms with Crippen molar-refractivity contribution in [2.75, 3.05) is 13.2 Å². The number of esters is 1. The molecule has 0 saturated heterocycles. The Morgan fingerprint density at radius 2 is 2.11 bits per heavy atom. The van der Waals surface area contributed by atoms with Crippen LogP contribution in [-0.4, -0.2) is 19.2 Å². The average Bonchev–Trinajstić information content (AvgIpc) is 2.31. The van der Waals surface area contributed by atoms with Gasteiger partial charge in [0.25, 0.3) is 0 Å². The zero-order valence-corrected chi connectivity index (χ0v) is 12.7. The van der Waals surface area contributed by atoms with Crippen LogP contribution in [0, 0.1) is 0 Å². The third kappa shape index (κ3) is 4.88. The second kappa shape index (κ2) is 7.67. The molecule has 3 nitrogen and oxygen atoms in total. The average molecular weight is 354 g/mol. The molecule has 0 saturated carbocycles. The maximum absolute atomic E-state index is 11.0. The summed E-state index contributed by atoms with van der Waals surface area (Å²) in [6, 6.07) is 3.25. The Labute approximate surface area is 124 Å². The molecule has 0 heterocycles. The Kier molecular flexibility index (Phi) is 6.54. The van der Waals surface area contributed by atoms with Gasteiger partial charge in [0.1, 0.15) is 12.4 Å². The lowest BCUT2D eigenvalue weighted by Crippen LogP contribution is -2.01. The van der Waals surface area contributed by atoms with E-state index in [2.05, 4.69) is 15.9 Å². The zero-order valence-electron chi connectivity index (χ0n) is 9.58. The van der Waals surface area contributed by atoms with Crippen molar-refractivity contribution in [1.82, 2.24) is 0 Å². The highest BCUT2D eigenvalue weighted by atomic mass is 79.9. The Morgan fingerprint density at radius 3 is 2.78 bits per heavy atom. The van der Waals surface area contributed by atoms with Crippen LogP contribution in [0.15, 0.2) is 28.8 Å². The van der Waals surface area contributed by atoms with Gasteiger partial charge in [0.2, 0.25) is 0 Å². The molecule has 0 spiro atoms. The molecule has 0 unspecified atom stereocenters. The minimum Gasteiger partial charge on any atom is -0.488 e. The second-order valence-electron chi connectivity index (χ2n) is 3.16. The minimum atomic E-state index is -0.402. The van der Waals surface area contributed by atoms with Gasteiger partial charge in [0.15, 0.2) is 0 Å². The van der Waals surface area contributed by atoms with Gasteiger partial charge in [-0.25, -0.2) is 4.79 Å². The van der Waals surface area contributed by atoms with Gasteiger partial charge >= 0.3 is 5.97 Å². The number of carbonyl (C=O) groups is 1. The van der Waals surface area contributed by atoms with Crippen LogP contribution in [0.4, 0.5) is 0 Å². The molecule has 0 aliphatic heterocycles. The van der Waals surface area contributed by atoms with E-state index in [1.54, 1.807) is 25.1 Å². The van der Waals surface area contributed by atoms with E-state index < -0.39 is 5.97 Å². The van der Waals surface area contributed by atoms with Crippen LogP contribution in [0.5, 0.6) is 5.75 Å². The molecular weight excluding hydrogens is 343 g/mol. The van der Waals surface area contributed by atoms with Crippen molar-refractivity contribution in [1.29, 1.82) is 0 Å². The van der Waals surface area contributed by atoms with E-state index in [4.69, 9.17) is 32.7 Å². The molecule has 1 aromatic carbocycles. The molecule has 0 N–H and O–H groups in total. The quantitative estimate of drug-likeness (QED) is 0.451. The largest absolute Gasteiger partial charge is 0.488 e. The smallest absolute Gasteiger partial charge is 0.330 e. The van der Waals surface area contributed by atoms with Crippen LogP contribution >= 0.6 is 39.1 Å². The molecule has 0 aliphatic carbocycles. The zero-order chi connectivity index (χ0) is 13.5. The number of rotatable bonds is 5. The van der Waals surface area contributed by atoms with Crippen molar-refractivity contribution >= 4 is 45.1 Å². The van der Waals surface area contributed by atoms with Crippen LogP contribution in [0.3, 0.4) is 0 Å². The fraction of sp³-hybridized carbons (Fsp3) is 0.250. The third-order valence-corrected chi connectivity index (χ3v) is 3.34. The summed E-state index contributed by atoms with van der Waals surface area (Å²) in [6.07, 6.45) is 2.85. The standard InChI is InChI=1S/C12H11BrCl2O3/c1-2-17-12(16)4-3-5-18-11-7-9(14)8(13)6-10(11)15/h3-4,6-7H,2,5H2,1H3/b4-3+. The summed E-state index contributed by atoms with van der Waals surface area (Å²) in [4.78, 5) is 11.0. The Bertz CT molecular complexity index is 461. The summed E-state index contributed by atoms with van der Waals surface area (Å²) in [5.41, 5.74) is 0. The second-order valence-corrected chi connectivity index (χ2v) is 4.83. The van der Waals surface area contributed by atoms with Crippen molar-refractivity contribution in [3.63, 3.8) is 0 Å². The molecule has 18 heavy (non-hydrogen) atoms. The van der Waals surface area contributed by atoms with E-state index in [1.807, 2.05) is 0 Å². The first kappa shape index (κ1) is 15.3. The fourth-order valence-electron chi connectivity index (χ4n) is 1.09. The van der Waals surface area contributed by atoms with Gasteiger partial charge in [-0.05, 0) is 35.0 Å². The molecule has 0 aliphatic rings. The van der Waals surface area contributed by atoms with Crippen LogP contribution in [-0.2, 0) is 9.53 Å². The lowest BCUT2D eigenvalue weighted by molar-refractivity contribution is -0.137. The van der Waals surface area contributed by atoms with Crippen molar-refractivity contribution in [3.05, 3.63) is 38.8 Å². The minimum absolute atomic E-state index is 0.205. The molecule has 1 aromatic rings. The van der Waals surface area contributed by atoms with Gasteiger partial charge in [-0.1, -0.05) is 23.2 Å². The van der Waals surface area contributed by atoms with Crippen LogP contribution in [0.1, 0.15) is 6.92 Å². The van der Waals surface area contributed by atoms with Crippen LogP contribution in [0.2, 0.25) is 10.0 Å². The normalized spacial score (nSPS) is 10.7. The molecular formula is C12H11BrCl2O3. The first-order valence-corrected chi connectivity index (χ1v) is 6.70. The molecule has 0 radical (unpaired) electrons. The highest BCUT2D eigenvalue weighted by Crippen LogP contribution is 2.33. The van der Waals surface area contributed by atoms with E-state index >= 15 is 0 Å². The number of hydrogen-bond acceptors (Lipinski definition) is 3. The number of hydrogen-bond donors (Lipinski definition) is 0. The number of ether oxygens (including phenoxy) is 2. The van der Waals surface area contributed by atoms with Crippen LogP contribution < -0.4 is 4.74 Å². The Balaban J connectivity index is 2.54. The van der Waals surface area contributed by atoms with Gasteiger partial charge < -0.3 is 9.47 Å². The molecule has 1 rings (SSSR count). The summed E-state index contributed by atoms with van der Waals surface area (Å²) >= 11 is 15.1. The third-order valence-electron chi connectivity index (χ3n) is 1.85. The molecule has 0 atom stereocenters. The van der Waals surface area contributed by atoms with E-state index in [1.165, 1.54) is 6.08 Å². The highest BCUT2D eigenvalue weighted by Gasteiger charge is 2.06. The van der Waals surface area contributed by atoms with Gasteiger partial charge in [0, 0.05) is 16.6 Å². The van der Waals surface area contributed by atoms with Gasteiger partial charge in [-0.15, -0.1) is 0 Å². The lowest BCUT2D eigenvalue weighted by Gasteiger charge is -2.07. The van der Waals surface area contributed by atoms with E-state index in [0.29, 0.717) is 26.9 Å². The van der Waals surface area contributed by atoms with Gasteiger partial charge in [-0.3, -0.25) is 0 Å². The fourth-order valence-corrected chi connectivity index (χ4v) is 1.93. The van der Waals surface area contributed by atoms with E-state index in [9.17, 15) is 4.79 Å². The SMILES string of the molecule is CCOC(=O)/C=C/COc1cc(Cl)c(Br)cc1Cl. The van der Waals surface area contributed by atoms with Crippen LogP contribution in [0.25, 0.3) is 0 Å². The monoisotopic (exact) mass is 352 g/mol. The van der Waals surface area contributed by atoms with E-state index in [0.717, 1.165) is 0 Å². The molecule has 0 aromatic heterocycles. The van der Waals surface area contributed by atoms with Crippen molar-refractivity contribution in [2.45, 2.75) is 6.92 Å². The Hall–Kier alpha value is -0.710. The topological polar surface area (TPSA) is 35.5 Å². The number of benzene rings is 1. The van der Waals surface area contributed by atoms with Crippen molar-refractivity contribution in [3.8, 4) is 5.75 Å². The summed E-state index contributed by atoms with van der Waals surface area (Å²) in [5, 5.41) is 0.944. The van der Waals surface area contributed by atoms with Crippen molar-refractivity contribution in [2.24, 2.45) is 0 Å². The summed E-state index contributed by atoms with van der Waals surface area (Å²) in [6.45, 7) is 2.29. The number of carbonyl (C=O) groups excluding carboxylic acids is 1. The first-order valence-electron chi connectivity index (χ1n) is 5.15. The molecule has 0 fully saturated rings. The van der Waals surface area contributed by atoms with Gasteiger partial charge in [0.05, 0.1) is 16.7 Å². The number of halogens is 3. The molecule has 0 amide bonds. The highest BCUT2D eigenvalue weighted by molar-refractivity contribution is 9.10. The summed E-state index contributed by atoms with van der Waals surface area (Å²) in [5.74, 6) is 0.0550. The maximum Gasteiger partial charge on any atom is 0.330 e. The predicted molar refractivity (Wildman–Crippen MR) is 75.4 cm³/mol. The maximum atomic E-state index is 11.0. The first-order chi connectivity index (χ1) is 8.54. The molecule has 6 heteroatoms. The lowest BCUT2D eigenvalue weighted by atomic mass is 10.3. The molecule has 0 bridgehead atoms. The van der Waals surface area contributed by atoms with E-state index in [-0.39, 0.29) is 6.61 Å². The summed E-state index contributed by atoms with van der Waals surface area (Å²) < 4.78 is 10.8.